The first-order valence-electron chi connectivity index (χ1n) is 8.91. The number of hydrogen-bond acceptors (Lipinski definition) is 3. The Labute approximate surface area is 144 Å². The van der Waals surface area contributed by atoms with Crippen molar-refractivity contribution in [3.05, 3.63) is 24.3 Å². The molecule has 5 heteroatoms. The smallest absolute Gasteiger partial charge is 0.221 e. The predicted molar refractivity (Wildman–Crippen MR) is 94.4 cm³/mol. The third-order valence-corrected chi connectivity index (χ3v) is 4.70. The van der Waals surface area contributed by atoms with Gasteiger partial charge in [0, 0.05) is 26.5 Å². The first kappa shape index (κ1) is 18.7. The molecule has 0 aromatic rings. The lowest BCUT2D eigenvalue weighted by Crippen LogP contribution is -2.56. The zero-order valence-corrected chi connectivity index (χ0v) is 14.8. The first-order chi connectivity index (χ1) is 11.5. The molecule has 0 unspecified atom stereocenters. The summed E-state index contributed by atoms with van der Waals surface area (Å²) in [5.74, 6) is 0.726. The highest BCUT2D eigenvalue weighted by Gasteiger charge is 2.28. The van der Waals surface area contributed by atoms with Crippen LogP contribution in [0.15, 0.2) is 24.3 Å². The minimum Gasteiger partial charge on any atom is -0.382 e. The van der Waals surface area contributed by atoms with Gasteiger partial charge in [-0.1, -0.05) is 24.3 Å². The van der Waals surface area contributed by atoms with Crippen molar-refractivity contribution in [2.45, 2.75) is 51.0 Å². The van der Waals surface area contributed by atoms with Gasteiger partial charge in [-0.2, -0.15) is 0 Å². The molecule has 24 heavy (non-hydrogen) atoms. The zero-order valence-electron chi connectivity index (χ0n) is 14.8. The second kappa shape index (κ2) is 9.02. The Hall–Kier alpha value is -1.62. The first-order valence-corrected chi connectivity index (χ1v) is 8.91. The van der Waals surface area contributed by atoms with Crippen LogP contribution in [0.25, 0.3) is 0 Å². The molecule has 0 fully saturated rings. The molecule has 5 nitrogen and oxygen atoms in total. The lowest BCUT2D eigenvalue weighted by atomic mass is 10.00. The zero-order chi connectivity index (χ0) is 17.4. The summed E-state index contributed by atoms with van der Waals surface area (Å²) in [5, 5.41) is 6.00. The van der Waals surface area contributed by atoms with E-state index in [2.05, 4.69) is 34.9 Å². The molecule has 2 N–H and O–H groups in total. The molecule has 0 bridgehead atoms. The van der Waals surface area contributed by atoms with Gasteiger partial charge in [0.25, 0.3) is 0 Å². The molecule has 0 spiro atoms. The monoisotopic (exact) mass is 334 g/mol. The highest BCUT2D eigenvalue weighted by molar-refractivity contribution is 5.78. The molecule has 2 amide bonds. The van der Waals surface area contributed by atoms with E-state index in [0.717, 1.165) is 25.7 Å². The lowest BCUT2D eigenvalue weighted by Gasteiger charge is -2.31. The summed E-state index contributed by atoms with van der Waals surface area (Å²) >= 11 is 0. The van der Waals surface area contributed by atoms with Crippen LogP contribution in [-0.4, -0.2) is 37.6 Å². The van der Waals surface area contributed by atoms with Gasteiger partial charge in [0.2, 0.25) is 11.8 Å². The number of hydrogen-bond donors (Lipinski definition) is 2. The van der Waals surface area contributed by atoms with Gasteiger partial charge in [0.15, 0.2) is 0 Å². The van der Waals surface area contributed by atoms with Gasteiger partial charge < -0.3 is 15.4 Å². The standard InChI is InChI=1S/C19H30N2O3/c1-19(14-24-2,21-18(23)12-16-9-5-6-10-16)13-20-17(22)11-15-7-3-4-8-15/h3,5,7,9,15-16H,4,6,8,10-14H2,1-2H3,(H,20,22)(H,21,23)/t15-,16-,19-/m0/s1. The number of carbonyl (C=O) groups excluding carboxylic acids is 2. The number of nitrogens with one attached hydrogen (secondary N) is 2. The van der Waals surface area contributed by atoms with Gasteiger partial charge in [-0.25, -0.2) is 0 Å². The van der Waals surface area contributed by atoms with E-state index in [0.29, 0.717) is 37.8 Å². The molecule has 2 aliphatic rings. The molecule has 3 atom stereocenters. The van der Waals surface area contributed by atoms with Crippen molar-refractivity contribution in [1.29, 1.82) is 0 Å². The molecular weight excluding hydrogens is 304 g/mol. The fourth-order valence-electron chi connectivity index (χ4n) is 3.41. The van der Waals surface area contributed by atoms with E-state index in [1.54, 1.807) is 7.11 Å². The average Bonchev–Trinajstić information content (AvgIpc) is 3.19. The van der Waals surface area contributed by atoms with Crippen LogP contribution in [0.5, 0.6) is 0 Å². The second-order valence-electron chi connectivity index (χ2n) is 7.26. The molecule has 2 aliphatic carbocycles. The van der Waals surface area contributed by atoms with E-state index in [-0.39, 0.29) is 11.8 Å². The number of carbonyl (C=O) groups is 2. The van der Waals surface area contributed by atoms with Crippen LogP contribution < -0.4 is 10.6 Å². The molecule has 0 heterocycles. The fourth-order valence-corrected chi connectivity index (χ4v) is 3.41. The molecule has 0 aromatic carbocycles. The molecule has 0 radical (unpaired) electrons. The van der Waals surface area contributed by atoms with E-state index >= 15 is 0 Å². The Bertz CT molecular complexity index is 501. The minimum atomic E-state index is -0.588. The Kier molecular flexibility index (Phi) is 7.03. The third kappa shape index (κ3) is 6.11. The molecule has 134 valence electrons. The van der Waals surface area contributed by atoms with Gasteiger partial charge in [-0.15, -0.1) is 0 Å². The Morgan fingerprint density at radius 3 is 2.17 bits per heavy atom. The van der Waals surface area contributed by atoms with Gasteiger partial charge >= 0.3 is 0 Å². The van der Waals surface area contributed by atoms with Crippen LogP contribution in [0, 0.1) is 11.8 Å². The largest absolute Gasteiger partial charge is 0.382 e. The van der Waals surface area contributed by atoms with Crippen LogP contribution in [0.1, 0.15) is 45.4 Å². The van der Waals surface area contributed by atoms with Gasteiger partial charge in [-0.05, 0) is 44.4 Å². The predicted octanol–water partition coefficient (Wildman–Crippen LogP) is 2.34. The van der Waals surface area contributed by atoms with E-state index in [1.807, 2.05) is 6.92 Å². The van der Waals surface area contributed by atoms with Crippen LogP contribution in [-0.2, 0) is 14.3 Å². The number of methoxy groups -OCH3 is 1. The summed E-state index contributed by atoms with van der Waals surface area (Å²) in [6.45, 7) is 2.65. The summed E-state index contributed by atoms with van der Waals surface area (Å²) < 4.78 is 5.25. The highest BCUT2D eigenvalue weighted by Crippen LogP contribution is 2.21. The fraction of sp³-hybridized carbons (Fsp3) is 0.684. The van der Waals surface area contributed by atoms with Gasteiger partial charge in [0.1, 0.15) is 0 Å². The number of rotatable bonds is 9. The minimum absolute atomic E-state index is 0.0130. The second-order valence-corrected chi connectivity index (χ2v) is 7.26. The maximum absolute atomic E-state index is 12.3. The molecule has 0 aliphatic heterocycles. The summed E-state index contributed by atoms with van der Waals surface area (Å²) in [6.07, 6.45) is 13.7. The summed E-state index contributed by atoms with van der Waals surface area (Å²) in [7, 11) is 1.61. The van der Waals surface area contributed by atoms with Gasteiger partial charge in [0.05, 0.1) is 12.1 Å². The topological polar surface area (TPSA) is 67.4 Å². The van der Waals surface area contributed by atoms with Crippen molar-refractivity contribution in [3.63, 3.8) is 0 Å². The molecule has 2 rings (SSSR count). The van der Waals surface area contributed by atoms with Crippen molar-refractivity contribution in [1.82, 2.24) is 10.6 Å². The summed E-state index contributed by atoms with van der Waals surface area (Å²) in [5.41, 5.74) is -0.588. The van der Waals surface area contributed by atoms with E-state index in [1.165, 1.54) is 0 Å². The maximum Gasteiger partial charge on any atom is 0.221 e. The third-order valence-electron chi connectivity index (χ3n) is 4.70. The quantitative estimate of drug-likeness (QED) is 0.636. The molecule has 0 saturated carbocycles. The number of allylic oxidation sites excluding steroid dienone is 4. The van der Waals surface area contributed by atoms with Crippen molar-refractivity contribution in [2.75, 3.05) is 20.3 Å². The van der Waals surface area contributed by atoms with Crippen molar-refractivity contribution >= 4 is 11.8 Å². The molecule has 0 aromatic heterocycles. The molecular formula is C19H30N2O3. The summed E-state index contributed by atoms with van der Waals surface area (Å²) in [6, 6.07) is 0. The summed E-state index contributed by atoms with van der Waals surface area (Å²) in [4.78, 5) is 24.4. The molecule has 0 saturated heterocycles. The van der Waals surface area contributed by atoms with Crippen LogP contribution in [0.3, 0.4) is 0 Å². The van der Waals surface area contributed by atoms with Crippen LogP contribution in [0.4, 0.5) is 0 Å². The van der Waals surface area contributed by atoms with Crippen molar-refractivity contribution in [3.8, 4) is 0 Å². The Morgan fingerprint density at radius 1 is 1.08 bits per heavy atom. The Balaban J connectivity index is 1.79. The van der Waals surface area contributed by atoms with Gasteiger partial charge in [-0.3, -0.25) is 9.59 Å². The van der Waals surface area contributed by atoms with E-state index in [4.69, 9.17) is 4.74 Å². The highest BCUT2D eigenvalue weighted by atomic mass is 16.5. The number of ether oxygens (including phenoxy) is 1. The number of amides is 2. The van der Waals surface area contributed by atoms with E-state index < -0.39 is 5.54 Å². The average molecular weight is 334 g/mol. The maximum atomic E-state index is 12.3. The lowest BCUT2D eigenvalue weighted by molar-refractivity contribution is -0.126. The normalized spacial score (nSPS) is 24.8. The van der Waals surface area contributed by atoms with Crippen molar-refractivity contribution < 1.29 is 14.3 Å². The van der Waals surface area contributed by atoms with Crippen LogP contribution in [0.2, 0.25) is 0 Å². The Morgan fingerprint density at radius 2 is 1.67 bits per heavy atom. The van der Waals surface area contributed by atoms with Crippen molar-refractivity contribution in [2.24, 2.45) is 11.8 Å². The van der Waals surface area contributed by atoms with E-state index in [9.17, 15) is 9.59 Å². The van der Waals surface area contributed by atoms with Crippen LogP contribution >= 0.6 is 0 Å². The SMILES string of the molecule is COC[C@](C)(CNC(=O)C[C@H]1C=CCC1)NC(=O)C[C@H]1C=CCC1.